The predicted molar refractivity (Wildman–Crippen MR) is 99.4 cm³/mol. The lowest BCUT2D eigenvalue weighted by Crippen LogP contribution is -2.30. The van der Waals surface area contributed by atoms with Crippen LogP contribution in [0.1, 0.15) is 44.6 Å². The molecule has 21 heavy (non-hydrogen) atoms. The molecule has 1 saturated carbocycles. The number of nitrogens with one attached hydrogen (secondary N) is 2. The highest BCUT2D eigenvalue weighted by Crippen LogP contribution is 2.27. The first kappa shape index (κ1) is 16.6. The Labute approximate surface area is 138 Å². The van der Waals surface area contributed by atoms with Crippen molar-refractivity contribution >= 4 is 34.8 Å². The first-order valence-corrected chi connectivity index (χ1v) is 9.49. The molecule has 0 bridgehead atoms. The molecule has 0 spiro atoms. The van der Waals surface area contributed by atoms with Gasteiger partial charge in [0.25, 0.3) is 0 Å². The summed E-state index contributed by atoms with van der Waals surface area (Å²) in [5.74, 6) is 1.14. The molecular weight excluding hydrogens is 296 g/mol. The van der Waals surface area contributed by atoms with E-state index in [0.717, 1.165) is 34.8 Å². The molecule has 1 aromatic carbocycles. The fraction of sp³-hybridized carbons (Fsp3) is 0.588. The van der Waals surface area contributed by atoms with Gasteiger partial charge in [0.2, 0.25) is 0 Å². The summed E-state index contributed by atoms with van der Waals surface area (Å²) in [7, 11) is 0. The van der Waals surface area contributed by atoms with Gasteiger partial charge in [-0.25, -0.2) is 0 Å². The molecule has 2 N–H and O–H groups in total. The zero-order valence-electron chi connectivity index (χ0n) is 12.9. The average Bonchev–Trinajstić information content (AvgIpc) is 2.53. The monoisotopic (exact) mass is 322 g/mol. The number of rotatable bonds is 6. The van der Waals surface area contributed by atoms with E-state index in [1.807, 2.05) is 0 Å². The van der Waals surface area contributed by atoms with Gasteiger partial charge in [0, 0.05) is 23.2 Å². The van der Waals surface area contributed by atoms with E-state index in [1.165, 1.54) is 37.7 Å². The standard InChI is InChI=1S/C17H26N2S2/c1-2-14-8-10-15(11-9-14)19-17(20)18-12-13-21-16-6-4-3-5-7-16/h8-11,16H,2-7,12-13H2,1H3,(H2,18,19,20). The molecule has 4 heteroatoms. The van der Waals surface area contributed by atoms with Crippen molar-refractivity contribution < 1.29 is 0 Å². The second-order valence-corrected chi connectivity index (χ2v) is 7.38. The number of anilines is 1. The van der Waals surface area contributed by atoms with Crippen LogP contribution in [-0.4, -0.2) is 22.7 Å². The molecule has 1 fully saturated rings. The van der Waals surface area contributed by atoms with Gasteiger partial charge in [0.15, 0.2) is 5.11 Å². The van der Waals surface area contributed by atoms with Gasteiger partial charge < -0.3 is 10.6 Å². The lowest BCUT2D eigenvalue weighted by Gasteiger charge is -2.21. The molecule has 2 nitrogen and oxygen atoms in total. The zero-order valence-corrected chi connectivity index (χ0v) is 14.5. The highest BCUT2D eigenvalue weighted by Gasteiger charge is 2.12. The number of hydrogen-bond donors (Lipinski definition) is 2. The van der Waals surface area contributed by atoms with E-state index >= 15 is 0 Å². The second kappa shape index (κ2) is 9.31. The normalized spacial score (nSPS) is 15.7. The van der Waals surface area contributed by atoms with Crippen LogP contribution in [0.4, 0.5) is 5.69 Å². The Balaban J connectivity index is 1.60. The van der Waals surface area contributed by atoms with E-state index in [0.29, 0.717) is 0 Å². The number of thioether (sulfide) groups is 1. The Kier molecular flexibility index (Phi) is 7.37. The SMILES string of the molecule is CCc1ccc(NC(=S)NCCSC2CCCCC2)cc1. The van der Waals surface area contributed by atoms with Crippen LogP contribution in [-0.2, 0) is 6.42 Å². The molecule has 1 aliphatic rings. The Morgan fingerprint density at radius 1 is 1.19 bits per heavy atom. The van der Waals surface area contributed by atoms with Gasteiger partial charge in [-0.15, -0.1) is 0 Å². The molecule has 0 saturated heterocycles. The second-order valence-electron chi connectivity index (χ2n) is 5.56. The quantitative estimate of drug-likeness (QED) is 0.590. The Bertz CT molecular complexity index is 425. The molecule has 0 aliphatic heterocycles. The summed E-state index contributed by atoms with van der Waals surface area (Å²) in [4.78, 5) is 0. The maximum Gasteiger partial charge on any atom is 0.170 e. The van der Waals surface area contributed by atoms with Crippen molar-refractivity contribution in [2.45, 2.75) is 50.7 Å². The van der Waals surface area contributed by atoms with Gasteiger partial charge in [0.1, 0.15) is 0 Å². The first-order valence-electron chi connectivity index (χ1n) is 8.03. The fourth-order valence-corrected chi connectivity index (χ4v) is 4.06. The van der Waals surface area contributed by atoms with Crippen molar-refractivity contribution in [3.05, 3.63) is 29.8 Å². The molecule has 1 aliphatic carbocycles. The first-order chi connectivity index (χ1) is 10.3. The number of benzene rings is 1. The number of thiocarbonyl (C=S) groups is 1. The molecular formula is C17H26N2S2. The van der Waals surface area contributed by atoms with E-state index in [1.54, 1.807) is 0 Å². The van der Waals surface area contributed by atoms with Crippen LogP contribution in [0.5, 0.6) is 0 Å². The maximum absolute atomic E-state index is 5.34. The molecule has 0 radical (unpaired) electrons. The Morgan fingerprint density at radius 3 is 2.57 bits per heavy atom. The third-order valence-corrected chi connectivity index (χ3v) is 5.54. The van der Waals surface area contributed by atoms with Crippen molar-refractivity contribution in [2.24, 2.45) is 0 Å². The van der Waals surface area contributed by atoms with Crippen LogP contribution in [0.2, 0.25) is 0 Å². The van der Waals surface area contributed by atoms with Crippen LogP contribution in [0, 0.1) is 0 Å². The molecule has 0 heterocycles. The van der Waals surface area contributed by atoms with E-state index in [2.05, 4.69) is 53.6 Å². The summed E-state index contributed by atoms with van der Waals surface area (Å²) in [6.45, 7) is 3.11. The molecule has 0 unspecified atom stereocenters. The van der Waals surface area contributed by atoms with Gasteiger partial charge in [-0.05, 0) is 49.2 Å². The van der Waals surface area contributed by atoms with Crippen LogP contribution in [0.3, 0.4) is 0 Å². The summed E-state index contributed by atoms with van der Waals surface area (Å²) in [5.41, 5.74) is 2.41. The van der Waals surface area contributed by atoms with Gasteiger partial charge in [0.05, 0.1) is 0 Å². The lowest BCUT2D eigenvalue weighted by atomic mass is 10.0. The van der Waals surface area contributed by atoms with Crippen molar-refractivity contribution in [1.82, 2.24) is 5.32 Å². The van der Waals surface area contributed by atoms with Crippen molar-refractivity contribution in [1.29, 1.82) is 0 Å². The minimum atomic E-state index is 0.725. The summed E-state index contributed by atoms with van der Waals surface area (Å²) in [5, 5.41) is 8.15. The molecule has 116 valence electrons. The van der Waals surface area contributed by atoms with Gasteiger partial charge in [-0.3, -0.25) is 0 Å². The van der Waals surface area contributed by atoms with E-state index in [9.17, 15) is 0 Å². The summed E-state index contributed by atoms with van der Waals surface area (Å²) < 4.78 is 0. The molecule has 1 aromatic rings. The maximum atomic E-state index is 5.34. The largest absolute Gasteiger partial charge is 0.362 e. The average molecular weight is 323 g/mol. The highest BCUT2D eigenvalue weighted by molar-refractivity contribution is 7.99. The summed E-state index contributed by atoms with van der Waals surface area (Å²) in [6, 6.07) is 8.46. The minimum Gasteiger partial charge on any atom is -0.362 e. The lowest BCUT2D eigenvalue weighted by molar-refractivity contribution is 0.516. The van der Waals surface area contributed by atoms with Crippen LogP contribution < -0.4 is 10.6 Å². The predicted octanol–water partition coefficient (Wildman–Crippen LogP) is 4.60. The van der Waals surface area contributed by atoms with E-state index < -0.39 is 0 Å². The summed E-state index contributed by atoms with van der Waals surface area (Å²) in [6.07, 6.45) is 8.13. The number of aryl methyl sites for hydroxylation is 1. The molecule has 0 aromatic heterocycles. The molecule has 0 atom stereocenters. The van der Waals surface area contributed by atoms with Gasteiger partial charge in [-0.1, -0.05) is 38.3 Å². The third kappa shape index (κ3) is 6.27. The molecule has 0 amide bonds. The van der Waals surface area contributed by atoms with Crippen molar-refractivity contribution in [3.8, 4) is 0 Å². The third-order valence-electron chi connectivity index (χ3n) is 3.91. The Hall–Kier alpha value is -0.740. The van der Waals surface area contributed by atoms with Crippen LogP contribution >= 0.6 is 24.0 Å². The minimum absolute atomic E-state index is 0.725. The number of hydrogen-bond acceptors (Lipinski definition) is 2. The van der Waals surface area contributed by atoms with Gasteiger partial charge in [-0.2, -0.15) is 11.8 Å². The van der Waals surface area contributed by atoms with Crippen molar-refractivity contribution in [2.75, 3.05) is 17.6 Å². The molecule has 2 rings (SSSR count). The zero-order chi connectivity index (χ0) is 14.9. The Morgan fingerprint density at radius 2 is 1.90 bits per heavy atom. The van der Waals surface area contributed by atoms with Crippen molar-refractivity contribution in [3.63, 3.8) is 0 Å². The topological polar surface area (TPSA) is 24.1 Å². The van der Waals surface area contributed by atoms with Crippen LogP contribution in [0.25, 0.3) is 0 Å². The smallest absolute Gasteiger partial charge is 0.170 e. The highest BCUT2D eigenvalue weighted by atomic mass is 32.2. The van der Waals surface area contributed by atoms with Gasteiger partial charge >= 0.3 is 0 Å². The van der Waals surface area contributed by atoms with E-state index in [-0.39, 0.29) is 0 Å². The van der Waals surface area contributed by atoms with E-state index in [4.69, 9.17) is 12.2 Å². The van der Waals surface area contributed by atoms with Crippen LogP contribution in [0.15, 0.2) is 24.3 Å². The summed E-state index contributed by atoms with van der Waals surface area (Å²) >= 11 is 7.44. The fourth-order valence-electron chi connectivity index (χ4n) is 2.62.